The maximum atomic E-state index is 12.6. The number of carboxylic acid groups (broad SMARTS) is 1. The van der Waals surface area contributed by atoms with Gasteiger partial charge >= 0.3 is 12.1 Å². The fourth-order valence-corrected chi connectivity index (χ4v) is 4.53. The molecular formula is C27H25ClN2O5. The highest BCUT2D eigenvalue weighted by Gasteiger charge is 2.30. The van der Waals surface area contributed by atoms with Crippen molar-refractivity contribution in [2.75, 3.05) is 11.9 Å². The van der Waals surface area contributed by atoms with E-state index in [0.29, 0.717) is 0 Å². The number of aromatic carboxylic acids is 1. The molecule has 0 atom stereocenters. The normalized spacial score (nSPS) is 12.4. The summed E-state index contributed by atoms with van der Waals surface area (Å²) in [7, 11) is 0. The zero-order valence-corrected chi connectivity index (χ0v) is 20.1. The van der Waals surface area contributed by atoms with Crippen LogP contribution in [0.5, 0.6) is 0 Å². The quantitative estimate of drug-likeness (QED) is 0.393. The molecule has 0 aromatic heterocycles. The molecule has 0 aliphatic heterocycles. The number of hydrogen-bond donors (Lipinski definition) is 3. The molecule has 0 fully saturated rings. The highest BCUT2D eigenvalue weighted by molar-refractivity contribution is 6.31. The van der Waals surface area contributed by atoms with Gasteiger partial charge in [-0.05, 0) is 54.3 Å². The smallest absolute Gasteiger partial charge is 0.407 e. The Morgan fingerprint density at radius 3 is 2.17 bits per heavy atom. The number of anilines is 1. The zero-order chi connectivity index (χ0) is 25.2. The molecule has 7 nitrogen and oxygen atoms in total. The first-order valence-corrected chi connectivity index (χ1v) is 11.5. The number of amides is 2. The van der Waals surface area contributed by atoms with E-state index in [1.165, 1.54) is 18.2 Å². The number of alkyl carbamates (subject to hydrolysis) is 1. The van der Waals surface area contributed by atoms with Crippen LogP contribution in [0.15, 0.2) is 66.7 Å². The summed E-state index contributed by atoms with van der Waals surface area (Å²) >= 11 is 5.86. The molecule has 3 aromatic rings. The second-order valence-electron chi connectivity index (χ2n) is 9.05. The number of nitrogens with one attached hydrogen (secondary N) is 2. The van der Waals surface area contributed by atoms with Gasteiger partial charge in [-0.3, -0.25) is 4.79 Å². The van der Waals surface area contributed by atoms with Gasteiger partial charge in [0.15, 0.2) is 0 Å². The lowest BCUT2D eigenvalue weighted by Crippen LogP contribution is -2.46. The third-order valence-electron chi connectivity index (χ3n) is 5.87. The molecule has 3 N–H and O–H groups in total. The lowest BCUT2D eigenvalue weighted by molar-refractivity contribution is -0.117. The minimum absolute atomic E-state index is 0.0705. The molecule has 2 amide bonds. The molecule has 3 aromatic carbocycles. The van der Waals surface area contributed by atoms with Crippen LogP contribution in [-0.2, 0) is 9.53 Å². The van der Waals surface area contributed by atoms with Gasteiger partial charge in [-0.25, -0.2) is 9.59 Å². The van der Waals surface area contributed by atoms with Crippen molar-refractivity contribution in [3.05, 3.63) is 88.4 Å². The summed E-state index contributed by atoms with van der Waals surface area (Å²) in [5.74, 6) is -1.74. The SMILES string of the molecule is CC(C)(CC(=O)Nc1ccc(Cl)cc1C(=O)O)NC(=O)OCC1c2ccccc2-c2ccccc21. The number of halogens is 1. The number of benzene rings is 3. The molecule has 1 aliphatic rings. The molecule has 35 heavy (non-hydrogen) atoms. The predicted octanol–water partition coefficient (Wildman–Crippen LogP) is 5.68. The van der Waals surface area contributed by atoms with Gasteiger partial charge in [0.25, 0.3) is 0 Å². The van der Waals surface area contributed by atoms with E-state index in [9.17, 15) is 19.5 Å². The number of ether oxygens (including phenoxy) is 1. The zero-order valence-electron chi connectivity index (χ0n) is 19.3. The monoisotopic (exact) mass is 492 g/mol. The third-order valence-corrected chi connectivity index (χ3v) is 6.11. The first-order valence-electron chi connectivity index (χ1n) is 11.1. The highest BCUT2D eigenvalue weighted by atomic mass is 35.5. The molecule has 4 rings (SSSR count). The van der Waals surface area contributed by atoms with Gasteiger partial charge < -0.3 is 20.5 Å². The highest BCUT2D eigenvalue weighted by Crippen LogP contribution is 2.44. The average Bonchev–Trinajstić information content (AvgIpc) is 3.12. The summed E-state index contributed by atoms with van der Waals surface area (Å²) in [6.07, 6.45) is -0.735. The van der Waals surface area contributed by atoms with Crippen LogP contribution >= 0.6 is 11.6 Å². The van der Waals surface area contributed by atoms with Crippen LogP contribution in [0.25, 0.3) is 11.1 Å². The van der Waals surface area contributed by atoms with Crippen LogP contribution in [0.3, 0.4) is 0 Å². The standard InChI is InChI=1S/C27H25ClN2O5/c1-27(2,14-24(31)29-23-12-11-16(28)13-21(23)25(32)33)30-26(34)35-15-22-19-9-5-3-7-17(19)18-8-4-6-10-20(18)22/h3-13,22H,14-15H2,1-2H3,(H,29,31)(H,30,34)(H,32,33). The Labute approximate surface area is 208 Å². The Bertz CT molecular complexity index is 1260. The number of rotatable bonds is 7. The van der Waals surface area contributed by atoms with Gasteiger partial charge in [0.1, 0.15) is 6.61 Å². The van der Waals surface area contributed by atoms with E-state index in [1.807, 2.05) is 36.4 Å². The second-order valence-corrected chi connectivity index (χ2v) is 9.49. The molecule has 0 bridgehead atoms. The van der Waals surface area contributed by atoms with Crippen LogP contribution in [0.1, 0.15) is 47.7 Å². The number of hydrogen-bond acceptors (Lipinski definition) is 4. The summed E-state index contributed by atoms with van der Waals surface area (Å²) in [5.41, 5.74) is 3.56. The topological polar surface area (TPSA) is 105 Å². The van der Waals surface area contributed by atoms with Crippen molar-refractivity contribution in [3.8, 4) is 11.1 Å². The van der Waals surface area contributed by atoms with E-state index in [2.05, 4.69) is 22.8 Å². The number of carbonyl (C=O) groups is 3. The second kappa shape index (κ2) is 9.80. The van der Waals surface area contributed by atoms with Crippen molar-refractivity contribution in [2.45, 2.75) is 31.7 Å². The molecule has 0 saturated heterocycles. The summed E-state index contributed by atoms with van der Waals surface area (Å²) in [6.45, 7) is 3.54. The maximum Gasteiger partial charge on any atom is 0.407 e. The Morgan fingerprint density at radius 1 is 0.971 bits per heavy atom. The van der Waals surface area contributed by atoms with Crippen molar-refractivity contribution < 1.29 is 24.2 Å². The number of fused-ring (bicyclic) bond motifs is 3. The van der Waals surface area contributed by atoms with E-state index in [-0.39, 0.29) is 35.2 Å². The third kappa shape index (κ3) is 5.46. The van der Waals surface area contributed by atoms with Gasteiger partial charge in [-0.2, -0.15) is 0 Å². The summed E-state index contributed by atoms with van der Waals surface area (Å²) in [5, 5.41) is 14.9. The van der Waals surface area contributed by atoms with Crippen LogP contribution in [0.4, 0.5) is 10.5 Å². The first kappa shape index (κ1) is 24.3. The lowest BCUT2D eigenvalue weighted by Gasteiger charge is -2.26. The summed E-state index contributed by atoms with van der Waals surface area (Å²) in [6, 6.07) is 20.3. The van der Waals surface area contributed by atoms with E-state index < -0.39 is 23.5 Å². The summed E-state index contributed by atoms with van der Waals surface area (Å²) in [4.78, 5) is 36.6. The molecule has 0 unspecified atom stereocenters. The molecule has 0 spiro atoms. The van der Waals surface area contributed by atoms with Crippen LogP contribution in [0.2, 0.25) is 5.02 Å². The maximum absolute atomic E-state index is 12.6. The Kier molecular flexibility index (Phi) is 6.80. The van der Waals surface area contributed by atoms with E-state index in [1.54, 1.807) is 13.8 Å². The number of carbonyl (C=O) groups excluding carboxylic acids is 2. The van der Waals surface area contributed by atoms with Crippen LogP contribution < -0.4 is 10.6 Å². The Hall–Kier alpha value is -3.84. The van der Waals surface area contributed by atoms with Gasteiger partial charge in [-0.1, -0.05) is 60.1 Å². The van der Waals surface area contributed by atoms with Crippen molar-refractivity contribution in [1.82, 2.24) is 5.32 Å². The van der Waals surface area contributed by atoms with Crippen molar-refractivity contribution in [3.63, 3.8) is 0 Å². The van der Waals surface area contributed by atoms with Crippen LogP contribution in [-0.4, -0.2) is 35.2 Å². The van der Waals surface area contributed by atoms with E-state index >= 15 is 0 Å². The van der Waals surface area contributed by atoms with Gasteiger partial charge in [0.05, 0.1) is 11.3 Å². The average molecular weight is 493 g/mol. The minimum Gasteiger partial charge on any atom is -0.478 e. The fourth-order valence-electron chi connectivity index (χ4n) is 4.35. The molecule has 180 valence electrons. The van der Waals surface area contributed by atoms with Gasteiger partial charge in [0.2, 0.25) is 5.91 Å². The molecule has 0 heterocycles. The minimum atomic E-state index is -1.21. The summed E-state index contributed by atoms with van der Waals surface area (Å²) < 4.78 is 5.57. The van der Waals surface area contributed by atoms with Crippen LogP contribution in [0, 0.1) is 0 Å². The Morgan fingerprint density at radius 2 is 1.57 bits per heavy atom. The van der Waals surface area contributed by atoms with Gasteiger partial charge in [0, 0.05) is 22.9 Å². The molecule has 8 heteroatoms. The van der Waals surface area contributed by atoms with E-state index in [0.717, 1.165) is 22.3 Å². The largest absolute Gasteiger partial charge is 0.478 e. The Balaban J connectivity index is 1.36. The van der Waals surface area contributed by atoms with E-state index in [4.69, 9.17) is 16.3 Å². The first-order chi connectivity index (χ1) is 16.6. The predicted molar refractivity (Wildman–Crippen MR) is 134 cm³/mol. The van der Waals surface area contributed by atoms with Crippen molar-refractivity contribution in [1.29, 1.82) is 0 Å². The van der Waals surface area contributed by atoms with Crippen molar-refractivity contribution in [2.24, 2.45) is 0 Å². The van der Waals surface area contributed by atoms with Crippen molar-refractivity contribution >= 4 is 35.3 Å². The van der Waals surface area contributed by atoms with Gasteiger partial charge in [-0.15, -0.1) is 0 Å². The molecule has 1 aliphatic carbocycles. The fraction of sp³-hybridized carbons (Fsp3) is 0.222. The molecule has 0 saturated carbocycles. The molecule has 0 radical (unpaired) electrons. The lowest BCUT2D eigenvalue weighted by atomic mass is 9.98. The molecular weight excluding hydrogens is 468 g/mol. The number of carboxylic acids is 1.